The lowest BCUT2D eigenvalue weighted by Gasteiger charge is -2.30. The summed E-state index contributed by atoms with van der Waals surface area (Å²) in [6.45, 7) is 1.39. The number of nitrogens with one attached hydrogen (secondary N) is 1. The molecule has 4 rings (SSSR count). The molecular formula is C24H29N3O2S. The first-order chi connectivity index (χ1) is 14.3. The normalized spacial score (nSPS) is 15.4. The number of aryl methyl sites for hydroxylation is 1. The zero-order valence-electron chi connectivity index (χ0n) is 17.8. The molecule has 3 aromatic rings. The molecule has 5 nitrogen and oxygen atoms in total. The van der Waals surface area contributed by atoms with Gasteiger partial charge in [-0.25, -0.2) is 13.1 Å². The van der Waals surface area contributed by atoms with Crippen molar-refractivity contribution in [3.8, 4) is 0 Å². The van der Waals surface area contributed by atoms with Crippen molar-refractivity contribution in [2.75, 3.05) is 39.1 Å². The highest BCUT2D eigenvalue weighted by molar-refractivity contribution is 7.89. The molecule has 0 radical (unpaired) electrons. The molecule has 0 amide bonds. The van der Waals surface area contributed by atoms with Crippen molar-refractivity contribution in [1.82, 2.24) is 9.62 Å². The maximum atomic E-state index is 13.0. The monoisotopic (exact) mass is 423 g/mol. The van der Waals surface area contributed by atoms with Crippen LogP contribution in [-0.2, 0) is 16.4 Å². The lowest BCUT2D eigenvalue weighted by Crippen LogP contribution is -2.34. The highest BCUT2D eigenvalue weighted by Gasteiger charge is 2.22. The quantitative estimate of drug-likeness (QED) is 0.655. The van der Waals surface area contributed by atoms with Gasteiger partial charge >= 0.3 is 0 Å². The van der Waals surface area contributed by atoms with Crippen LogP contribution in [0.5, 0.6) is 0 Å². The molecule has 1 heterocycles. The van der Waals surface area contributed by atoms with Gasteiger partial charge in [0.25, 0.3) is 0 Å². The number of sulfonamides is 1. The molecule has 0 spiro atoms. The maximum absolute atomic E-state index is 13.0. The number of fused-ring (bicyclic) bond motifs is 2. The SMILES string of the molecule is CN1CCCc2cc(C(CNS(=O)(=O)c3ccc4ccccc4c3)N(C)C)ccc21. The summed E-state index contributed by atoms with van der Waals surface area (Å²) >= 11 is 0. The topological polar surface area (TPSA) is 52.7 Å². The second kappa shape index (κ2) is 8.38. The minimum Gasteiger partial charge on any atom is -0.374 e. The summed E-state index contributed by atoms with van der Waals surface area (Å²) < 4.78 is 28.8. The molecule has 0 fully saturated rings. The average Bonchev–Trinajstić information content (AvgIpc) is 2.73. The first kappa shape index (κ1) is 20.8. The van der Waals surface area contributed by atoms with Crippen LogP contribution in [0.15, 0.2) is 65.6 Å². The van der Waals surface area contributed by atoms with Crippen LogP contribution in [0, 0.1) is 0 Å². The van der Waals surface area contributed by atoms with Gasteiger partial charge in [0.15, 0.2) is 0 Å². The van der Waals surface area contributed by atoms with Crippen molar-refractivity contribution in [1.29, 1.82) is 0 Å². The Morgan fingerprint density at radius 1 is 1.03 bits per heavy atom. The molecule has 0 saturated heterocycles. The zero-order valence-corrected chi connectivity index (χ0v) is 18.6. The summed E-state index contributed by atoms with van der Waals surface area (Å²) in [5.74, 6) is 0. The lowest BCUT2D eigenvalue weighted by molar-refractivity contribution is 0.299. The van der Waals surface area contributed by atoms with Crippen LogP contribution in [0.1, 0.15) is 23.6 Å². The molecular weight excluding hydrogens is 394 g/mol. The molecule has 3 aromatic carbocycles. The molecule has 0 saturated carbocycles. The van der Waals surface area contributed by atoms with Crippen molar-refractivity contribution >= 4 is 26.5 Å². The van der Waals surface area contributed by atoms with Crippen molar-refractivity contribution in [2.45, 2.75) is 23.8 Å². The first-order valence-electron chi connectivity index (χ1n) is 10.3. The van der Waals surface area contributed by atoms with E-state index in [4.69, 9.17) is 0 Å². The van der Waals surface area contributed by atoms with E-state index in [1.54, 1.807) is 12.1 Å². The van der Waals surface area contributed by atoms with Crippen molar-refractivity contribution in [3.05, 3.63) is 71.8 Å². The Morgan fingerprint density at radius 3 is 2.57 bits per heavy atom. The average molecular weight is 424 g/mol. The van der Waals surface area contributed by atoms with Gasteiger partial charge in [-0.1, -0.05) is 42.5 Å². The van der Waals surface area contributed by atoms with E-state index in [0.717, 1.165) is 35.7 Å². The highest BCUT2D eigenvalue weighted by atomic mass is 32.2. The molecule has 30 heavy (non-hydrogen) atoms. The molecule has 1 atom stereocenters. The van der Waals surface area contributed by atoms with Crippen molar-refractivity contribution in [2.24, 2.45) is 0 Å². The third kappa shape index (κ3) is 4.21. The molecule has 1 unspecified atom stereocenters. The van der Waals surface area contributed by atoms with Crippen LogP contribution in [0.4, 0.5) is 5.69 Å². The van der Waals surface area contributed by atoms with E-state index in [1.165, 1.54) is 11.3 Å². The summed E-state index contributed by atoms with van der Waals surface area (Å²) in [5, 5.41) is 1.95. The van der Waals surface area contributed by atoms with Gasteiger partial charge in [-0.15, -0.1) is 0 Å². The van der Waals surface area contributed by atoms with Crippen LogP contribution in [0.3, 0.4) is 0 Å². The van der Waals surface area contributed by atoms with Gasteiger partial charge in [0, 0.05) is 31.9 Å². The fourth-order valence-corrected chi connectivity index (χ4v) is 5.29. The fourth-order valence-electron chi connectivity index (χ4n) is 4.22. The number of nitrogens with zero attached hydrogens (tertiary/aromatic N) is 2. The summed E-state index contributed by atoms with van der Waals surface area (Å²) in [5.41, 5.74) is 3.75. The number of hydrogen-bond acceptors (Lipinski definition) is 4. The van der Waals surface area contributed by atoms with E-state index in [-0.39, 0.29) is 6.04 Å². The van der Waals surface area contributed by atoms with Crippen molar-refractivity contribution < 1.29 is 8.42 Å². The molecule has 0 aliphatic carbocycles. The second-order valence-electron chi connectivity index (χ2n) is 8.25. The van der Waals surface area contributed by atoms with Crippen LogP contribution in [0.25, 0.3) is 10.8 Å². The first-order valence-corrected chi connectivity index (χ1v) is 11.8. The predicted molar refractivity (Wildman–Crippen MR) is 124 cm³/mol. The van der Waals surface area contributed by atoms with E-state index in [2.05, 4.69) is 39.8 Å². The predicted octanol–water partition coefficient (Wildman–Crippen LogP) is 3.80. The molecule has 1 aliphatic rings. The van der Waals surface area contributed by atoms with Gasteiger partial charge in [-0.3, -0.25) is 0 Å². The standard InChI is InChI=1S/C24H29N3O2S/c1-26(2)24(21-11-13-23-20(15-21)9-6-14-27(23)3)17-25-30(28,29)22-12-10-18-7-4-5-8-19(18)16-22/h4-5,7-8,10-13,15-16,24-25H,6,9,14,17H2,1-3H3. The van der Waals surface area contributed by atoms with Gasteiger partial charge in [0.1, 0.15) is 0 Å². The van der Waals surface area contributed by atoms with Crippen LogP contribution >= 0.6 is 0 Å². The largest absolute Gasteiger partial charge is 0.374 e. The molecule has 1 N–H and O–H groups in total. The second-order valence-corrected chi connectivity index (χ2v) is 10.0. The van der Waals surface area contributed by atoms with Gasteiger partial charge < -0.3 is 9.80 Å². The Morgan fingerprint density at radius 2 is 1.80 bits per heavy atom. The number of anilines is 1. The summed E-state index contributed by atoms with van der Waals surface area (Å²) in [6.07, 6.45) is 2.21. The number of rotatable bonds is 6. The smallest absolute Gasteiger partial charge is 0.240 e. The Kier molecular flexibility index (Phi) is 5.82. The number of hydrogen-bond donors (Lipinski definition) is 1. The van der Waals surface area contributed by atoms with Gasteiger partial charge in [-0.05, 0) is 67.0 Å². The molecule has 0 aromatic heterocycles. The zero-order chi connectivity index (χ0) is 21.3. The molecule has 1 aliphatic heterocycles. The number of benzene rings is 3. The Bertz CT molecular complexity index is 1160. The molecule has 158 valence electrons. The summed E-state index contributed by atoms with van der Waals surface area (Å²) in [6, 6.07) is 19.5. The Balaban J connectivity index is 1.56. The summed E-state index contributed by atoms with van der Waals surface area (Å²) in [7, 11) is 2.50. The van der Waals surface area contributed by atoms with E-state index in [0.29, 0.717) is 11.4 Å². The molecule has 6 heteroatoms. The van der Waals surface area contributed by atoms with Crippen LogP contribution in [-0.4, -0.2) is 47.6 Å². The minimum absolute atomic E-state index is 0.0437. The van der Waals surface area contributed by atoms with Gasteiger partial charge in [0.2, 0.25) is 10.0 Å². The summed E-state index contributed by atoms with van der Waals surface area (Å²) in [4.78, 5) is 4.65. The van der Waals surface area contributed by atoms with Crippen LogP contribution in [0.2, 0.25) is 0 Å². The fraction of sp³-hybridized carbons (Fsp3) is 0.333. The van der Waals surface area contributed by atoms with Gasteiger partial charge in [-0.2, -0.15) is 0 Å². The highest BCUT2D eigenvalue weighted by Crippen LogP contribution is 2.30. The maximum Gasteiger partial charge on any atom is 0.240 e. The van der Waals surface area contributed by atoms with Crippen molar-refractivity contribution in [3.63, 3.8) is 0 Å². The van der Waals surface area contributed by atoms with Crippen LogP contribution < -0.4 is 9.62 Å². The third-order valence-electron chi connectivity index (χ3n) is 5.96. The molecule has 0 bridgehead atoms. The minimum atomic E-state index is -3.60. The lowest BCUT2D eigenvalue weighted by atomic mass is 9.96. The van der Waals surface area contributed by atoms with E-state index in [1.807, 2.05) is 44.4 Å². The third-order valence-corrected chi connectivity index (χ3v) is 7.38. The van der Waals surface area contributed by atoms with Gasteiger partial charge in [0.05, 0.1) is 4.90 Å². The Hall–Kier alpha value is -2.41. The van der Waals surface area contributed by atoms with E-state index >= 15 is 0 Å². The van der Waals surface area contributed by atoms with E-state index in [9.17, 15) is 8.42 Å². The number of likely N-dealkylation sites (N-methyl/N-ethyl adjacent to an activating group) is 1. The van der Waals surface area contributed by atoms with E-state index < -0.39 is 10.0 Å². The Labute approximate surface area is 179 Å².